The molecule has 30 heavy (non-hydrogen) atoms. The molecule has 1 aliphatic carbocycles. The molecule has 0 spiro atoms. The minimum absolute atomic E-state index is 0.135. The molecule has 2 unspecified atom stereocenters. The molecule has 1 aliphatic rings. The molecular weight excluding hydrogens is 370 g/mol. The van der Waals surface area contributed by atoms with Crippen molar-refractivity contribution in [1.29, 1.82) is 0 Å². The highest BCUT2D eigenvalue weighted by atomic mass is 16.5. The lowest BCUT2D eigenvalue weighted by molar-refractivity contribution is 0.0969. The summed E-state index contributed by atoms with van der Waals surface area (Å²) >= 11 is 0. The van der Waals surface area contributed by atoms with Crippen molar-refractivity contribution in [2.45, 2.75) is 38.7 Å². The van der Waals surface area contributed by atoms with Gasteiger partial charge in [0.15, 0.2) is 5.78 Å². The molecule has 3 heteroatoms. The SMILES string of the molecule is C=CN(C)CC(Oc1ccc2c(c1)C(/C(C)=C/C=C\C)CCC2=O)c1ccccc1. The summed E-state index contributed by atoms with van der Waals surface area (Å²) in [5.74, 6) is 1.25. The molecule has 0 aromatic heterocycles. The zero-order valence-electron chi connectivity index (χ0n) is 18.2. The smallest absolute Gasteiger partial charge is 0.163 e. The van der Waals surface area contributed by atoms with Gasteiger partial charge < -0.3 is 9.64 Å². The van der Waals surface area contributed by atoms with Crippen LogP contribution in [0.15, 0.2) is 85.1 Å². The number of benzene rings is 2. The summed E-state index contributed by atoms with van der Waals surface area (Å²) in [5, 5.41) is 0. The number of ketones is 1. The van der Waals surface area contributed by atoms with Crippen molar-refractivity contribution < 1.29 is 9.53 Å². The number of fused-ring (bicyclic) bond motifs is 1. The van der Waals surface area contributed by atoms with E-state index in [2.05, 4.69) is 43.9 Å². The highest BCUT2D eigenvalue weighted by molar-refractivity contribution is 5.99. The zero-order valence-corrected chi connectivity index (χ0v) is 18.2. The fraction of sp³-hybridized carbons (Fsp3) is 0.296. The van der Waals surface area contributed by atoms with Gasteiger partial charge in [-0.3, -0.25) is 4.79 Å². The molecule has 0 aliphatic heterocycles. The second-order valence-corrected chi connectivity index (χ2v) is 7.84. The van der Waals surface area contributed by atoms with Crippen LogP contribution in [0.1, 0.15) is 60.2 Å². The lowest BCUT2D eigenvalue weighted by Gasteiger charge is -2.28. The van der Waals surface area contributed by atoms with E-state index in [1.807, 2.05) is 55.3 Å². The molecule has 0 heterocycles. The van der Waals surface area contributed by atoms with Gasteiger partial charge in [-0.1, -0.05) is 60.7 Å². The molecule has 0 bridgehead atoms. The van der Waals surface area contributed by atoms with E-state index in [1.165, 1.54) is 5.57 Å². The molecular formula is C27H31NO2. The summed E-state index contributed by atoms with van der Waals surface area (Å²) in [4.78, 5) is 14.5. The Morgan fingerprint density at radius 3 is 2.73 bits per heavy atom. The molecule has 0 amide bonds. The van der Waals surface area contributed by atoms with Gasteiger partial charge in [0.2, 0.25) is 0 Å². The summed E-state index contributed by atoms with van der Waals surface area (Å²) in [6.45, 7) is 8.70. The van der Waals surface area contributed by atoms with E-state index < -0.39 is 0 Å². The van der Waals surface area contributed by atoms with Gasteiger partial charge in [0.25, 0.3) is 0 Å². The monoisotopic (exact) mass is 401 g/mol. The minimum Gasteiger partial charge on any atom is -0.484 e. The molecule has 2 aromatic rings. The number of carbonyl (C=O) groups is 1. The van der Waals surface area contributed by atoms with E-state index in [0.29, 0.717) is 13.0 Å². The standard InChI is InChI=1S/C27H31NO2/c1-5-7-11-20(3)23-16-17-26(29)24-15-14-22(18-25(23)24)30-27(19-28(4)6-2)21-12-9-8-10-13-21/h5-15,18,23,27H,2,16-17,19H2,1,3-4H3/b7-5-,20-11+. The fourth-order valence-corrected chi connectivity index (χ4v) is 3.94. The predicted octanol–water partition coefficient (Wildman–Crippen LogP) is 6.46. The van der Waals surface area contributed by atoms with Crippen LogP contribution in [-0.2, 0) is 0 Å². The molecule has 0 saturated carbocycles. The minimum atomic E-state index is -0.135. The van der Waals surface area contributed by atoms with Gasteiger partial charge in [-0.2, -0.15) is 0 Å². The first-order valence-electron chi connectivity index (χ1n) is 10.5. The fourth-order valence-electron chi connectivity index (χ4n) is 3.94. The molecule has 3 nitrogen and oxygen atoms in total. The summed E-state index contributed by atoms with van der Waals surface area (Å²) in [6, 6.07) is 16.1. The maximum absolute atomic E-state index is 12.5. The van der Waals surface area contributed by atoms with Crippen LogP contribution in [0.25, 0.3) is 0 Å². The first-order valence-corrected chi connectivity index (χ1v) is 10.5. The Labute approximate surface area is 180 Å². The van der Waals surface area contributed by atoms with E-state index in [-0.39, 0.29) is 17.8 Å². The Balaban J connectivity index is 1.94. The Hall–Kier alpha value is -3.07. The van der Waals surface area contributed by atoms with Crippen molar-refractivity contribution in [3.8, 4) is 5.75 Å². The highest BCUT2D eigenvalue weighted by Gasteiger charge is 2.27. The summed E-state index contributed by atoms with van der Waals surface area (Å²) in [6.07, 6.45) is 9.33. The summed E-state index contributed by atoms with van der Waals surface area (Å²) < 4.78 is 6.45. The van der Waals surface area contributed by atoms with Gasteiger partial charge >= 0.3 is 0 Å². The van der Waals surface area contributed by atoms with Crippen molar-refractivity contribution >= 4 is 5.78 Å². The molecule has 0 fully saturated rings. The second-order valence-electron chi connectivity index (χ2n) is 7.84. The summed E-state index contributed by atoms with van der Waals surface area (Å²) in [5.41, 5.74) is 4.28. The van der Waals surface area contributed by atoms with Crippen LogP contribution in [0.4, 0.5) is 0 Å². The van der Waals surface area contributed by atoms with Crippen LogP contribution < -0.4 is 4.74 Å². The highest BCUT2D eigenvalue weighted by Crippen LogP contribution is 2.39. The number of carbonyl (C=O) groups excluding carboxylic acids is 1. The molecule has 2 aromatic carbocycles. The molecule has 2 atom stereocenters. The number of rotatable bonds is 8. The van der Waals surface area contributed by atoms with E-state index in [0.717, 1.165) is 28.9 Å². The largest absolute Gasteiger partial charge is 0.484 e. The quantitative estimate of drug-likeness (QED) is 0.475. The number of likely N-dealkylation sites (N-methyl/N-ethyl adjacent to an activating group) is 1. The van der Waals surface area contributed by atoms with E-state index in [1.54, 1.807) is 6.20 Å². The van der Waals surface area contributed by atoms with E-state index in [4.69, 9.17) is 4.74 Å². The first kappa shape index (κ1) is 21.6. The van der Waals surface area contributed by atoms with Crippen LogP contribution in [0, 0.1) is 0 Å². The van der Waals surface area contributed by atoms with Crippen LogP contribution >= 0.6 is 0 Å². The van der Waals surface area contributed by atoms with Crippen LogP contribution in [0.5, 0.6) is 5.75 Å². The Morgan fingerprint density at radius 1 is 1.27 bits per heavy atom. The van der Waals surface area contributed by atoms with Crippen LogP contribution in [0.2, 0.25) is 0 Å². The molecule has 3 rings (SSSR count). The van der Waals surface area contributed by atoms with Crippen molar-refractivity contribution in [3.05, 3.63) is 102 Å². The van der Waals surface area contributed by atoms with Gasteiger partial charge in [-0.15, -0.1) is 0 Å². The first-order chi connectivity index (χ1) is 14.5. The van der Waals surface area contributed by atoms with Crippen molar-refractivity contribution in [3.63, 3.8) is 0 Å². The maximum atomic E-state index is 12.5. The average molecular weight is 402 g/mol. The number of ether oxygens (including phenoxy) is 1. The second kappa shape index (κ2) is 10.1. The number of Topliss-reactive ketones (excluding diaryl/α,β-unsaturated/α-hetero) is 1. The number of hydrogen-bond donors (Lipinski definition) is 0. The number of nitrogens with zero attached hydrogens (tertiary/aromatic N) is 1. The Morgan fingerprint density at radius 2 is 2.03 bits per heavy atom. The van der Waals surface area contributed by atoms with Crippen molar-refractivity contribution in [2.75, 3.05) is 13.6 Å². The van der Waals surface area contributed by atoms with E-state index >= 15 is 0 Å². The maximum Gasteiger partial charge on any atom is 0.163 e. The molecule has 156 valence electrons. The predicted molar refractivity (Wildman–Crippen MR) is 124 cm³/mol. The lowest BCUT2D eigenvalue weighted by Crippen LogP contribution is -2.23. The lowest BCUT2D eigenvalue weighted by atomic mass is 9.78. The molecule has 0 N–H and O–H groups in total. The van der Waals surface area contributed by atoms with Crippen LogP contribution in [-0.4, -0.2) is 24.3 Å². The average Bonchev–Trinajstić information content (AvgIpc) is 2.77. The number of allylic oxidation sites excluding steroid dienone is 4. The topological polar surface area (TPSA) is 29.5 Å². The number of hydrogen-bond acceptors (Lipinski definition) is 3. The Bertz CT molecular complexity index is 943. The van der Waals surface area contributed by atoms with Gasteiger partial charge in [0.05, 0.1) is 6.54 Å². The van der Waals surface area contributed by atoms with Gasteiger partial charge in [-0.25, -0.2) is 0 Å². The third-order valence-corrected chi connectivity index (χ3v) is 5.68. The van der Waals surface area contributed by atoms with Crippen molar-refractivity contribution in [2.24, 2.45) is 0 Å². The van der Waals surface area contributed by atoms with E-state index in [9.17, 15) is 4.79 Å². The molecule has 0 radical (unpaired) electrons. The van der Waals surface area contributed by atoms with Crippen molar-refractivity contribution in [1.82, 2.24) is 4.90 Å². The van der Waals surface area contributed by atoms with Gasteiger partial charge in [0, 0.05) is 24.9 Å². The van der Waals surface area contributed by atoms with Gasteiger partial charge in [0.1, 0.15) is 11.9 Å². The third-order valence-electron chi connectivity index (χ3n) is 5.68. The third kappa shape index (κ3) is 5.10. The van der Waals surface area contributed by atoms with Gasteiger partial charge in [-0.05, 0) is 55.8 Å². The normalized spacial score (nSPS) is 17.5. The Kier molecular flexibility index (Phi) is 7.29. The summed E-state index contributed by atoms with van der Waals surface area (Å²) in [7, 11) is 1.99. The van der Waals surface area contributed by atoms with Crippen LogP contribution in [0.3, 0.4) is 0 Å². The molecule has 0 saturated heterocycles. The zero-order chi connectivity index (χ0) is 21.5.